The van der Waals surface area contributed by atoms with Gasteiger partial charge in [0.25, 0.3) is 0 Å². The van der Waals surface area contributed by atoms with E-state index in [0.717, 1.165) is 4.26 Å². The van der Waals surface area contributed by atoms with Crippen LogP contribution in [0.3, 0.4) is 0 Å². The van der Waals surface area contributed by atoms with E-state index < -0.39 is 25.9 Å². The first-order chi connectivity index (χ1) is 8.97. The van der Waals surface area contributed by atoms with Gasteiger partial charge >= 0.3 is 114 Å². The Morgan fingerprint density at radius 3 is 2.58 bits per heavy atom. The zero-order valence-electron chi connectivity index (χ0n) is 9.01. The fourth-order valence-electron chi connectivity index (χ4n) is 1.51. The molecule has 0 aliphatic carbocycles. The van der Waals surface area contributed by atoms with Gasteiger partial charge in [-0.15, -0.1) is 0 Å². The molecule has 0 amide bonds. The first-order valence-corrected chi connectivity index (χ1v) is 7.43. The molecular weight excluding hydrogens is 346 g/mol. The van der Waals surface area contributed by atoms with Crippen LogP contribution in [0, 0.1) is 0 Å². The maximum atomic E-state index is 12.5. The maximum absolute atomic E-state index is 12.5. The average Bonchev–Trinajstić information content (AvgIpc) is 2.94. The van der Waals surface area contributed by atoms with E-state index in [1.807, 2.05) is 0 Å². The molecule has 3 aromatic rings. The summed E-state index contributed by atoms with van der Waals surface area (Å²) in [6, 6.07) is 6.96. The summed E-state index contributed by atoms with van der Waals surface area (Å²) in [5, 5.41) is 6.03. The molecule has 0 N–H and O–H groups in total. The Balaban J connectivity index is 2.17. The van der Waals surface area contributed by atoms with Crippen LogP contribution in [-0.4, -0.2) is 28.5 Å². The topological polar surface area (TPSA) is 47.8 Å². The van der Waals surface area contributed by atoms with Crippen molar-refractivity contribution < 1.29 is 13.2 Å². The third-order valence-corrected chi connectivity index (χ3v) is 5.79. The van der Waals surface area contributed by atoms with Crippen LogP contribution in [0.4, 0.5) is 13.2 Å². The van der Waals surface area contributed by atoms with Crippen molar-refractivity contribution in [1.82, 2.24) is 13.8 Å². The van der Waals surface area contributed by atoms with Gasteiger partial charge in [0, 0.05) is 0 Å². The van der Waals surface area contributed by atoms with E-state index in [0.29, 0.717) is 16.7 Å². The Morgan fingerprint density at radius 1 is 1.21 bits per heavy atom. The third-order valence-electron chi connectivity index (χ3n) is 2.32. The Hall–Kier alpha value is -1.44. The quantitative estimate of drug-likeness (QED) is 0.630. The summed E-state index contributed by atoms with van der Waals surface area (Å²) >= 11 is -0.00785. The first kappa shape index (κ1) is 12.6. The number of rotatable bonds is 1. The SMILES string of the molecule is O=c1c2ccccc2[se]n1-c1nnc(C(F)(F)F)s1. The van der Waals surface area contributed by atoms with Crippen LogP contribution in [0.1, 0.15) is 5.01 Å². The zero-order chi connectivity index (χ0) is 13.6. The molecule has 0 saturated carbocycles. The number of nitrogens with zero attached hydrogens (tertiary/aromatic N) is 3. The standard InChI is InChI=1S/C10H4F3N3OSSe/c11-10(12,13)8-14-15-9(18-8)16-7(17)5-3-1-2-4-6(5)19-16/h1-4H. The van der Waals surface area contributed by atoms with Crippen molar-refractivity contribution in [2.75, 3.05) is 0 Å². The third kappa shape index (κ3) is 2.13. The van der Waals surface area contributed by atoms with Crippen LogP contribution >= 0.6 is 11.3 Å². The van der Waals surface area contributed by atoms with E-state index in [1.165, 1.54) is 3.56 Å². The van der Waals surface area contributed by atoms with Crippen molar-refractivity contribution in [2.24, 2.45) is 0 Å². The molecule has 0 unspecified atom stereocenters. The second kappa shape index (κ2) is 4.29. The molecule has 0 atom stereocenters. The second-order valence-electron chi connectivity index (χ2n) is 3.57. The number of aromatic nitrogens is 3. The Bertz CT molecular complexity index is 804. The Morgan fingerprint density at radius 2 is 1.95 bits per heavy atom. The minimum atomic E-state index is -4.53. The van der Waals surface area contributed by atoms with Gasteiger partial charge in [0.1, 0.15) is 0 Å². The second-order valence-corrected chi connectivity index (χ2v) is 6.60. The van der Waals surface area contributed by atoms with Crippen LogP contribution in [0.2, 0.25) is 0 Å². The molecule has 0 aliphatic rings. The monoisotopic (exact) mass is 351 g/mol. The van der Waals surface area contributed by atoms with Gasteiger partial charge < -0.3 is 0 Å². The number of benzene rings is 1. The zero-order valence-corrected chi connectivity index (χ0v) is 11.5. The molecule has 0 aliphatic heterocycles. The van der Waals surface area contributed by atoms with Crippen molar-refractivity contribution in [3.8, 4) is 5.13 Å². The van der Waals surface area contributed by atoms with Crippen LogP contribution < -0.4 is 5.56 Å². The van der Waals surface area contributed by atoms with Crippen molar-refractivity contribution in [3.63, 3.8) is 0 Å². The summed E-state index contributed by atoms with van der Waals surface area (Å²) in [7, 11) is 0. The number of hydrogen-bond donors (Lipinski definition) is 0. The molecule has 9 heteroatoms. The van der Waals surface area contributed by atoms with Crippen LogP contribution in [-0.2, 0) is 6.18 Å². The molecule has 2 heterocycles. The normalized spacial score (nSPS) is 12.2. The van der Waals surface area contributed by atoms with Crippen molar-refractivity contribution in [3.05, 3.63) is 39.6 Å². The van der Waals surface area contributed by atoms with E-state index in [1.54, 1.807) is 24.3 Å². The van der Waals surface area contributed by atoms with Crippen LogP contribution in [0.15, 0.2) is 29.1 Å². The fraction of sp³-hybridized carbons (Fsp3) is 0.100. The summed E-state index contributed by atoms with van der Waals surface area (Å²) in [6.45, 7) is 0. The van der Waals surface area contributed by atoms with Crippen LogP contribution in [0.25, 0.3) is 14.8 Å². The van der Waals surface area contributed by atoms with Gasteiger partial charge in [0.2, 0.25) is 0 Å². The number of hydrogen-bond acceptors (Lipinski definition) is 4. The Labute approximate surface area is 114 Å². The Kier molecular flexibility index (Phi) is 2.84. The van der Waals surface area contributed by atoms with Gasteiger partial charge in [-0.1, -0.05) is 0 Å². The molecule has 19 heavy (non-hydrogen) atoms. The van der Waals surface area contributed by atoms with Gasteiger partial charge in [-0.3, -0.25) is 0 Å². The van der Waals surface area contributed by atoms with E-state index in [9.17, 15) is 18.0 Å². The number of fused-ring (bicyclic) bond motifs is 1. The molecule has 2 aromatic heterocycles. The fourth-order valence-corrected chi connectivity index (χ4v) is 4.41. The summed E-state index contributed by atoms with van der Waals surface area (Å²) < 4.78 is 39.5. The molecule has 98 valence electrons. The van der Waals surface area contributed by atoms with Gasteiger partial charge in [-0.05, 0) is 0 Å². The van der Waals surface area contributed by atoms with Gasteiger partial charge in [0.15, 0.2) is 0 Å². The van der Waals surface area contributed by atoms with Crippen molar-refractivity contribution in [1.29, 1.82) is 0 Å². The molecule has 0 radical (unpaired) electrons. The van der Waals surface area contributed by atoms with Crippen LogP contribution in [0.5, 0.6) is 0 Å². The molecule has 3 rings (SSSR count). The average molecular weight is 350 g/mol. The molecule has 4 nitrogen and oxygen atoms in total. The van der Waals surface area contributed by atoms with E-state index in [-0.39, 0.29) is 10.7 Å². The summed E-state index contributed by atoms with van der Waals surface area (Å²) in [5.74, 6) is 0. The first-order valence-electron chi connectivity index (χ1n) is 4.99. The molecule has 0 fully saturated rings. The summed E-state index contributed by atoms with van der Waals surface area (Å²) in [6.07, 6.45) is -4.53. The predicted molar refractivity (Wildman–Crippen MR) is 65.0 cm³/mol. The molecule has 0 spiro atoms. The van der Waals surface area contributed by atoms with E-state index in [2.05, 4.69) is 10.2 Å². The van der Waals surface area contributed by atoms with Gasteiger partial charge in [0.05, 0.1) is 0 Å². The van der Waals surface area contributed by atoms with Crippen molar-refractivity contribution >= 4 is 35.7 Å². The summed E-state index contributed by atoms with van der Waals surface area (Å²) in [4.78, 5) is 12.1. The van der Waals surface area contributed by atoms with Gasteiger partial charge in [-0.25, -0.2) is 0 Å². The predicted octanol–water partition coefficient (Wildman–Crippen LogP) is 1.92. The summed E-state index contributed by atoms with van der Waals surface area (Å²) in [5.41, 5.74) is -0.319. The molecule has 0 saturated heterocycles. The molecule has 0 bridgehead atoms. The number of halogens is 3. The van der Waals surface area contributed by atoms with Gasteiger partial charge in [-0.2, -0.15) is 0 Å². The number of alkyl halides is 3. The molecular formula is C10H4F3N3OSSe. The van der Waals surface area contributed by atoms with E-state index in [4.69, 9.17) is 0 Å². The minimum absolute atomic E-state index is 0.00600. The van der Waals surface area contributed by atoms with E-state index >= 15 is 0 Å². The molecule has 1 aromatic carbocycles. The van der Waals surface area contributed by atoms with Crippen molar-refractivity contribution in [2.45, 2.75) is 6.18 Å².